The summed E-state index contributed by atoms with van der Waals surface area (Å²) < 4.78 is 0. The van der Waals surface area contributed by atoms with Crippen molar-refractivity contribution in [2.24, 2.45) is 0 Å². The highest BCUT2D eigenvalue weighted by atomic mass is 13.9. The maximum atomic E-state index is 3.12. The van der Waals surface area contributed by atoms with Gasteiger partial charge < -0.3 is 0 Å². The molecule has 0 heterocycles. The van der Waals surface area contributed by atoms with Gasteiger partial charge >= 0.3 is 0 Å². The van der Waals surface area contributed by atoms with E-state index in [4.69, 9.17) is 0 Å². The molecule has 0 heteroatoms. The van der Waals surface area contributed by atoms with Crippen molar-refractivity contribution in [1.29, 1.82) is 0 Å². The van der Waals surface area contributed by atoms with E-state index >= 15 is 0 Å². The molecule has 0 rings (SSSR count). The smallest absolute Gasteiger partial charge is 0.0343 e. The fourth-order valence-electron chi connectivity index (χ4n) is 0.604. The average molecular weight is 97.2 g/mol. The van der Waals surface area contributed by atoms with Crippen molar-refractivity contribution in [2.75, 3.05) is 0 Å². The Labute approximate surface area is 46.2 Å². The first kappa shape index (κ1) is 6.74. The van der Waals surface area contributed by atoms with Crippen LogP contribution in [0.25, 0.3) is 0 Å². The van der Waals surface area contributed by atoms with E-state index in [1.54, 1.807) is 0 Å². The predicted molar refractivity (Wildman–Crippen MR) is 33.0 cm³/mol. The second-order valence-electron chi connectivity index (χ2n) is 1.56. The molecule has 0 atom stereocenters. The zero-order valence-electron chi connectivity index (χ0n) is 5.41. The summed E-state index contributed by atoms with van der Waals surface area (Å²) in [7, 11) is 0. The van der Waals surface area contributed by atoms with Gasteiger partial charge in [0.25, 0.3) is 0 Å². The Bertz CT molecular complexity index is 54.4. The Morgan fingerprint density at radius 2 is 1.71 bits per heavy atom. The van der Waals surface area contributed by atoms with Crippen LogP contribution in [0.15, 0.2) is 5.57 Å². The van der Waals surface area contributed by atoms with Crippen molar-refractivity contribution in [2.45, 2.75) is 33.6 Å². The molecular weight excluding hydrogens is 84.1 g/mol. The second kappa shape index (κ2) is 3.91. The second-order valence-corrected chi connectivity index (χ2v) is 1.56. The SMILES string of the molecule is C[C]=C(CC)CC. The van der Waals surface area contributed by atoms with Crippen molar-refractivity contribution < 1.29 is 0 Å². The molecule has 41 valence electrons. The number of hydrogen-bond acceptors (Lipinski definition) is 0. The van der Waals surface area contributed by atoms with Crippen LogP contribution in [0, 0.1) is 6.08 Å². The lowest BCUT2D eigenvalue weighted by molar-refractivity contribution is 0.963. The first-order valence-electron chi connectivity index (χ1n) is 2.87. The molecule has 0 aliphatic carbocycles. The number of rotatable bonds is 2. The third kappa shape index (κ3) is 2.44. The summed E-state index contributed by atoms with van der Waals surface area (Å²) in [5.41, 5.74) is 1.43. The standard InChI is InChI=1S/C7H13/c1-4-7(5-2)6-3/h4-5H2,1-3H3. The topological polar surface area (TPSA) is 0 Å². The van der Waals surface area contributed by atoms with E-state index < -0.39 is 0 Å². The van der Waals surface area contributed by atoms with Crippen LogP contribution < -0.4 is 0 Å². The monoisotopic (exact) mass is 97.1 g/mol. The van der Waals surface area contributed by atoms with Gasteiger partial charge in [0.2, 0.25) is 0 Å². The summed E-state index contributed by atoms with van der Waals surface area (Å²) in [4.78, 5) is 0. The van der Waals surface area contributed by atoms with Crippen molar-refractivity contribution in [3.8, 4) is 0 Å². The summed E-state index contributed by atoms with van der Waals surface area (Å²) in [6.07, 6.45) is 5.44. The normalized spacial score (nSPS) is 8.43. The summed E-state index contributed by atoms with van der Waals surface area (Å²) in [6.45, 7) is 6.30. The number of hydrogen-bond donors (Lipinski definition) is 0. The zero-order valence-corrected chi connectivity index (χ0v) is 5.41. The van der Waals surface area contributed by atoms with Crippen molar-refractivity contribution in [3.05, 3.63) is 11.6 Å². The first-order valence-corrected chi connectivity index (χ1v) is 2.87. The molecule has 0 amide bonds. The zero-order chi connectivity index (χ0) is 5.70. The van der Waals surface area contributed by atoms with E-state index in [9.17, 15) is 0 Å². The van der Waals surface area contributed by atoms with Gasteiger partial charge in [0.05, 0.1) is 0 Å². The predicted octanol–water partition coefficient (Wildman–Crippen LogP) is 2.56. The summed E-state index contributed by atoms with van der Waals surface area (Å²) >= 11 is 0. The molecule has 0 aliphatic rings. The lowest BCUT2D eigenvalue weighted by atomic mass is 10.1. The molecule has 1 radical (unpaired) electrons. The third-order valence-corrected chi connectivity index (χ3v) is 1.21. The Morgan fingerprint density at radius 3 is 1.71 bits per heavy atom. The molecule has 0 aromatic rings. The highest BCUT2D eigenvalue weighted by Gasteiger charge is 1.82. The van der Waals surface area contributed by atoms with Crippen LogP contribution in [0.1, 0.15) is 33.6 Å². The van der Waals surface area contributed by atoms with Crippen LogP contribution in [-0.4, -0.2) is 0 Å². The van der Waals surface area contributed by atoms with Gasteiger partial charge in [0.15, 0.2) is 0 Å². The van der Waals surface area contributed by atoms with Crippen molar-refractivity contribution in [3.63, 3.8) is 0 Å². The van der Waals surface area contributed by atoms with E-state index in [1.165, 1.54) is 5.57 Å². The molecule has 7 heavy (non-hydrogen) atoms. The Hall–Kier alpha value is -0.260. The molecule has 0 saturated heterocycles. The Morgan fingerprint density at radius 1 is 1.29 bits per heavy atom. The van der Waals surface area contributed by atoms with Crippen LogP contribution in [0.2, 0.25) is 0 Å². The lowest BCUT2D eigenvalue weighted by Crippen LogP contribution is -1.73. The van der Waals surface area contributed by atoms with Gasteiger partial charge in [-0.3, -0.25) is 0 Å². The quantitative estimate of drug-likeness (QED) is 0.496. The number of allylic oxidation sites excluding steroid dienone is 2. The van der Waals surface area contributed by atoms with Gasteiger partial charge in [-0.15, -0.1) is 0 Å². The van der Waals surface area contributed by atoms with Crippen molar-refractivity contribution in [1.82, 2.24) is 0 Å². The van der Waals surface area contributed by atoms with E-state index in [1.807, 2.05) is 6.92 Å². The molecule has 0 unspecified atom stereocenters. The fourth-order valence-corrected chi connectivity index (χ4v) is 0.604. The van der Waals surface area contributed by atoms with E-state index in [0.29, 0.717) is 0 Å². The summed E-state index contributed by atoms with van der Waals surface area (Å²) in [6, 6.07) is 0. The largest absolute Gasteiger partial charge is 0.0676 e. The van der Waals surface area contributed by atoms with Gasteiger partial charge in [0.1, 0.15) is 0 Å². The molecule has 0 spiro atoms. The van der Waals surface area contributed by atoms with E-state index in [2.05, 4.69) is 19.9 Å². The molecule has 0 nitrogen and oxygen atoms in total. The van der Waals surface area contributed by atoms with Crippen molar-refractivity contribution >= 4 is 0 Å². The molecule has 0 N–H and O–H groups in total. The van der Waals surface area contributed by atoms with Gasteiger partial charge in [-0.25, -0.2) is 0 Å². The first-order chi connectivity index (χ1) is 3.35. The van der Waals surface area contributed by atoms with Gasteiger partial charge in [0, 0.05) is 0 Å². The summed E-state index contributed by atoms with van der Waals surface area (Å²) in [5.74, 6) is 0. The van der Waals surface area contributed by atoms with Crippen LogP contribution in [-0.2, 0) is 0 Å². The molecule has 0 saturated carbocycles. The molecule has 0 aromatic carbocycles. The maximum Gasteiger partial charge on any atom is -0.0343 e. The Balaban J connectivity index is 3.38. The van der Waals surface area contributed by atoms with Gasteiger partial charge in [-0.1, -0.05) is 19.4 Å². The minimum Gasteiger partial charge on any atom is -0.0676 e. The molecule has 0 aliphatic heterocycles. The minimum absolute atomic E-state index is 1.16. The van der Waals surface area contributed by atoms with Crippen LogP contribution in [0.3, 0.4) is 0 Å². The third-order valence-electron chi connectivity index (χ3n) is 1.21. The molecule has 0 aromatic heterocycles. The Kier molecular flexibility index (Phi) is 3.77. The van der Waals surface area contributed by atoms with E-state index in [-0.39, 0.29) is 0 Å². The molecule has 0 fully saturated rings. The maximum absolute atomic E-state index is 3.12. The average Bonchev–Trinajstić information content (AvgIpc) is 1.72. The fraction of sp³-hybridized carbons (Fsp3) is 0.714. The van der Waals surface area contributed by atoms with Crippen LogP contribution in [0.5, 0.6) is 0 Å². The van der Waals surface area contributed by atoms with Crippen LogP contribution >= 0.6 is 0 Å². The lowest BCUT2D eigenvalue weighted by Gasteiger charge is -1.92. The highest BCUT2D eigenvalue weighted by molar-refractivity contribution is 4.92. The van der Waals surface area contributed by atoms with Gasteiger partial charge in [-0.2, -0.15) is 0 Å². The summed E-state index contributed by atoms with van der Waals surface area (Å²) in [5, 5.41) is 0. The molecular formula is C7H13. The minimum atomic E-state index is 1.16. The molecule has 0 bridgehead atoms. The van der Waals surface area contributed by atoms with E-state index in [0.717, 1.165) is 12.8 Å². The van der Waals surface area contributed by atoms with Gasteiger partial charge in [-0.05, 0) is 25.8 Å². The highest BCUT2D eigenvalue weighted by Crippen LogP contribution is 2.02. The van der Waals surface area contributed by atoms with Crippen LogP contribution in [0.4, 0.5) is 0 Å².